The summed E-state index contributed by atoms with van der Waals surface area (Å²) in [6, 6.07) is 0.444. The number of nitrogen functional groups attached to an aromatic ring is 1. The lowest BCUT2D eigenvalue weighted by atomic mass is 9.95. The van der Waals surface area contributed by atoms with Gasteiger partial charge in [0, 0.05) is 13.5 Å². The molecule has 118 valence electrons. The molecule has 0 radical (unpaired) electrons. The smallest absolute Gasteiger partial charge is 0.324 e. The van der Waals surface area contributed by atoms with Gasteiger partial charge in [0.25, 0.3) is 0 Å². The molecule has 2 rings (SSSR count). The lowest BCUT2D eigenvalue weighted by molar-refractivity contribution is 0.0176. The van der Waals surface area contributed by atoms with Crippen LogP contribution in [0.25, 0.3) is 0 Å². The Labute approximate surface area is 124 Å². The molecule has 1 aromatic heterocycles. The zero-order chi connectivity index (χ0) is 15.1. The Hall–Kier alpha value is -1.67. The number of hydrogen-bond acceptors (Lipinski definition) is 8. The van der Waals surface area contributed by atoms with E-state index in [0.29, 0.717) is 6.61 Å². The van der Waals surface area contributed by atoms with Gasteiger partial charge in [-0.25, -0.2) is 5.84 Å². The Kier molecular flexibility index (Phi) is 5.94. The van der Waals surface area contributed by atoms with E-state index < -0.39 is 0 Å². The quantitative estimate of drug-likeness (QED) is 0.573. The van der Waals surface area contributed by atoms with Gasteiger partial charge in [-0.3, -0.25) is 5.43 Å². The number of anilines is 1. The second kappa shape index (κ2) is 7.94. The van der Waals surface area contributed by atoms with Gasteiger partial charge in [0.05, 0.1) is 12.7 Å². The number of methoxy groups -OCH3 is 1. The lowest BCUT2D eigenvalue weighted by Gasteiger charge is -2.27. The van der Waals surface area contributed by atoms with Crippen LogP contribution in [0.2, 0.25) is 0 Å². The molecular formula is C13H23N5O3. The molecule has 1 fully saturated rings. The van der Waals surface area contributed by atoms with E-state index in [1.54, 1.807) is 7.11 Å². The minimum atomic E-state index is 0.0377. The van der Waals surface area contributed by atoms with E-state index in [2.05, 4.69) is 20.4 Å². The highest BCUT2D eigenvalue weighted by Crippen LogP contribution is 2.24. The molecule has 0 aromatic carbocycles. The zero-order valence-corrected chi connectivity index (χ0v) is 12.5. The molecule has 1 aromatic rings. The summed E-state index contributed by atoms with van der Waals surface area (Å²) in [4.78, 5) is 12.3. The molecule has 1 saturated carbocycles. The molecule has 8 heteroatoms. The van der Waals surface area contributed by atoms with Crippen molar-refractivity contribution in [2.75, 3.05) is 19.1 Å². The molecule has 0 saturated heterocycles. The largest absolute Gasteiger partial charge is 0.463 e. The van der Waals surface area contributed by atoms with E-state index in [4.69, 9.17) is 20.1 Å². The Morgan fingerprint density at radius 2 is 1.95 bits per heavy atom. The fraction of sp³-hybridized carbons (Fsp3) is 0.769. The number of rotatable bonds is 7. The topological polar surface area (TPSA) is 104 Å². The average molecular weight is 297 g/mol. The van der Waals surface area contributed by atoms with Gasteiger partial charge in [-0.1, -0.05) is 6.92 Å². The molecule has 1 aliphatic carbocycles. The van der Waals surface area contributed by atoms with Gasteiger partial charge in [-0.2, -0.15) is 9.97 Å². The first-order valence-corrected chi connectivity index (χ1v) is 7.30. The van der Waals surface area contributed by atoms with Crippen molar-refractivity contribution < 1.29 is 14.2 Å². The number of nitrogens with zero attached hydrogens (tertiary/aromatic N) is 3. The van der Waals surface area contributed by atoms with Crippen LogP contribution in [0, 0.1) is 0 Å². The van der Waals surface area contributed by atoms with Crippen LogP contribution in [-0.4, -0.2) is 40.9 Å². The molecule has 0 spiro atoms. The molecule has 1 aliphatic rings. The molecule has 0 amide bonds. The molecule has 21 heavy (non-hydrogen) atoms. The van der Waals surface area contributed by atoms with Gasteiger partial charge in [-0.15, -0.1) is 4.98 Å². The SMILES string of the molecule is CCCOc1nc(NN)nc(OC2CCCC(OC)C2)n1. The second-order valence-corrected chi connectivity index (χ2v) is 4.98. The first-order valence-electron chi connectivity index (χ1n) is 7.30. The van der Waals surface area contributed by atoms with Crippen molar-refractivity contribution in [1.82, 2.24) is 15.0 Å². The third-order valence-corrected chi connectivity index (χ3v) is 3.34. The van der Waals surface area contributed by atoms with Gasteiger partial charge >= 0.3 is 12.0 Å². The van der Waals surface area contributed by atoms with Crippen LogP contribution < -0.4 is 20.7 Å². The van der Waals surface area contributed by atoms with Gasteiger partial charge in [-0.05, 0) is 25.7 Å². The molecule has 1 heterocycles. The van der Waals surface area contributed by atoms with Crippen LogP contribution in [0.15, 0.2) is 0 Å². The molecule has 2 unspecified atom stereocenters. The van der Waals surface area contributed by atoms with Gasteiger partial charge in [0.1, 0.15) is 6.10 Å². The Morgan fingerprint density at radius 3 is 2.67 bits per heavy atom. The Morgan fingerprint density at radius 1 is 1.19 bits per heavy atom. The number of ether oxygens (including phenoxy) is 3. The van der Waals surface area contributed by atoms with Crippen molar-refractivity contribution in [3.8, 4) is 12.0 Å². The van der Waals surface area contributed by atoms with E-state index in [-0.39, 0.29) is 30.2 Å². The summed E-state index contributed by atoms with van der Waals surface area (Å²) < 4.78 is 16.6. The molecule has 8 nitrogen and oxygen atoms in total. The maximum absolute atomic E-state index is 5.83. The summed E-state index contributed by atoms with van der Waals surface area (Å²) in [5.74, 6) is 5.59. The molecule has 2 atom stereocenters. The molecule has 3 N–H and O–H groups in total. The number of hydrogen-bond donors (Lipinski definition) is 2. The Bertz CT molecular complexity index is 446. The van der Waals surface area contributed by atoms with Crippen LogP contribution in [-0.2, 0) is 4.74 Å². The van der Waals surface area contributed by atoms with E-state index in [1.807, 2.05) is 6.92 Å². The third-order valence-electron chi connectivity index (χ3n) is 3.34. The summed E-state index contributed by atoms with van der Waals surface area (Å²) in [5, 5.41) is 0. The summed E-state index contributed by atoms with van der Waals surface area (Å²) in [6.45, 7) is 2.54. The maximum atomic E-state index is 5.83. The number of nitrogens with one attached hydrogen (secondary N) is 1. The van der Waals surface area contributed by atoms with Crippen LogP contribution in [0.5, 0.6) is 12.0 Å². The van der Waals surface area contributed by atoms with Crippen molar-refractivity contribution in [3.63, 3.8) is 0 Å². The third kappa shape index (κ3) is 4.68. The summed E-state index contributed by atoms with van der Waals surface area (Å²) in [7, 11) is 1.73. The molecular weight excluding hydrogens is 274 g/mol. The monoisotopic (exact) mass is 297 g/mol. The normalized spacial score (nSPS) is 21.9. The standard InChI is InChI=1S/C13H23N5O3/c1-3-7-20-12-15-11(18-14)16-13(17-12)21-10-6-4-5-9(8-10)19-2/h9-10H,3-8,14H2,1-2H3,(H,15,16,17,18). The fourth-order valence-corrected chi connectivity index (χ4v) is 2.29. The number of nitrogens with two attached hydrogens (primary N) is 1. The maximum Gasteiger partial charge on any atom is 0.324 e. The van der Waals surface area contributed by atoms with Crippen LogP contribution >= 0.6 is 0 Å². The van der Waals surface area contributed by atoms with Gasteiger partial charge in [0.2, 0.25) is 5.95 Å². The average Bonchev–Trinajstić information content (AvgIpc) is 2.52. The summed E-state index contributed by atoms with van der Waals surface area (Å²) in [5.41, 5.74) is 2.39. The van der Waals surface area contributed by atoms with Crippen molar-refractivity contribution in [3.05, 3.63) is 0 Å². The zero-order valence-electron chi connectivity index (χ0n) is 12.5. The first kappa shape index (κ1) is 15.7. The molecule has 0 bridgehead atoms. The van der Waals surface area contributed by atoms with E-state index >= 15 is 0 Å². The number of aromatic nitrogens is 3. The van der Waals surface area contributed by atoms with Crippen LogP contribution in [0.4, 0.5) is 5.95 Å². The first-order chi connectivity index (χ1) is 10.2. The van der Waals surface area contributed by atoms with Crippen molar-refractivity contribution in [1.29, 1.82) is 0 Å². The second-order valence-electron chi connectivity index (χ2n) is 4.98. The van der Waals surface area contributed by atoms with Crippen LogP contribution in [0.3, 0.4) is 0 Å². The highest BCUT2D eigenvalue weighted by molar-refractivity contribution is 5.25. The van der Waals surface area contributed by atoms with E-state index in [9.17, 15) is 0 Å². The van der Waals surface area contributed by atoms with Crippen LogP contribution in [0.1, 0.15) is 39.0 Å². The molecule has 0 aliphatic heterocycles. The predicted octanol–water partition coefficient (Wildman–Crippen LogP) is 1.28. The van der Waals surface area contributed by atoms with Crippen molar-refractivity contribution in [2.45, 2.75) is 51.2 Å². The van der Waals surface area contributed by atoms with Gasteiger partial charge in [0.15, 0.2) is 0 Å². The highest BCUT2D eigenvalue weighted by Gasteiger charge is 2.24. The summed E-state index contributed by atoms with van der Waals surface area (Å²) >= 11 is 0. The number of hydrazine groups is 1. The minimum Gasteiger partial charge on any atom is -0.463 e. The van der Waals surface area contributed by atoms with Crippen molar-refractivity contribution >= 4 is 5.95 Å². The Balaban J connectivity index is 2.03. The van der Waals surface area contributed by atoms with E-state index in [0.717, 1.165) is 32.1 Å². The lowest BCUT2D eigenvalue weighted by Crippen LogP contribution is -2.30. The predicted molar refractivity (Wildman–Crippen MR) is 77.1 cm³/mol. The fourth-order valence-electron chi connectivity index (χ4n) is 2.29. The van der Waals surface area contributed by atoms with Gasteiger partial charge < -0.3 is 14.2 Å². The highest BCUT2D eigenvalue weighted by atomic mass is 16.5. The van der Waals surface area contributed by atoms with Crippen molar-refractivity contribution in [2.24, 2.45) is 5.84 Å². The minimum absolute atomic E-state index is 0.0377. The summed E-state index contributed by atoms with van der Waals surface area (Å²) in [6.07, 6.45) is 5.06. The van der Waals surface area contributed by atoms with E-state index in [1.165, 1.54) is 0 Å².